The minimum absolute atomic E-state index is 0.407. The molecule has 4 N–H and O–H groups in total. The van der Waals surface area contributed by atoms with Crippen molar-refractivity contribution < 1.29 is 19.4 Å². The van der Waals surface area contributed by atoms with E-state index in [1.165, 1.54) is 6.92 Å². The van der Waals surface area contributed by atoms with Crippen molar-refractivity contribution in [1.29, 1.82) is 5.41 Å². The van der Waals surface area contributed by atoms with Crippen molar-refractivity contribution in [1.82, 2.24) is 5.32 Å². The topological polar surface area (TPSA) is 112 Å². The van der Waals surface area contributed by atoms with Gasteiger partial charge in [-0.1, -0.05) is 18.2 Å². The zero-order valence-electron chi connectivity index (χ0n) is 11.1. The van der Waals surface area contributed by atoms with E-state index in [9.17, 15) is 14.7 Å². The molecule has 0 radical (unpaired) electrons. The quantitative estimate of drug-likeness (QED) is 0.222. The lowest BCUT2D eigenvalue weighted by molar-refractivity contribution is -0.135. The minimum Gasteiger partial charge on any atom is -0.512 e. The highest BCUT2D eigenvalue weighted by Crippen LogP contribution is 2.06. The van der Waals surface area contributed by atoms with Crippen LogP contribution in [-0.2, 0) is 9.53 Å². The van der Waals surface area contributed by atoms with Gasteiger partial charge in [-0.25, -0.2) is 9.59 Å². The molecular formula is C13H15N3O4. The molecule has 7 heteroatoms. The van der Waals surface area contributed by atoms with Gasteiger partial charge < -0.3 is 15.2 Å². The smallest absolute Gasteiger partial charge is 0.345 e. The van der Waals surface area contributed by atoms with Crippen LogP contribution in [0.5, 0.6) is 0 Å². The molecule has 7 nitrogen and oxygen atoms in total. The van der Waals surface area contributed by atoms with E-state index in [4.69, 9.17) is 5.41 Å². The largest absolute Gasteiger partial charge is 0.512 e. The van der Waals surface area contributed by atoms with Crippen LogP contribution in [-0.4, -0.2) is 30.1 Å². The van der Waals surface area contributed by atoms with Crippen molar-refractivity contribution in [2.75, 3.05) is 12.4 Å². The van der Waals surface area contributed by atoms with E-state index in [0.717, 1.165) is 7.11 Å². The van der Waals surface area contributed by atoms with Crippen LogP contribution in [0.4, 0.5) is 10.5 Å². The van der Waals surface area contributed by atoms with Crippen LogP contribution in [0.1, 0.15) is 6.92 Å². The molecule has 0 atom stereocenters. The SMILES string of the molecule is COC(=O)/C(C(=N)NC(=O)Nc1ccccc1)=C(/C)O. The number of aliphatic hydroxyl groups excluding tert-OH is 1. The number of aliphatic hydroxyl groups is 1. The maximum atomic E-state index is 11.6. The van der Waals surface area contributed by atoms with Crippen LogP contribution in [0.25, 0.3) is 0 Å². The Labute approximate surface area is 115 Å². The Morgan fingerprint density at radius 3 is 2.35 bits per heavy atom. The average molecular weight is 277 g/mol. The number of carbonyl (C=O) groups is 2. The molecule has 1 rings (SSSR count). The van der Waals surface area contributed by atoms with E-state index in [-0.39, 0.29) is 0 Å². The molecule has 0 aliphatic rings. The zero-order chi connectivity index (χ0) is 15.1. The van der Waals surface area contributed by atoms with Crippen LogP contribution in [0, 0.1) is 5.41 Å². The number of nitrogens with one attached hydrogen (secondary N) is 3. The van der Waals surface area contributed by atoms with Crippen molar-refractivity contribution in [2.24, 2.45) is 0 Å². The molecule has 0 aliphatic carbocycles. The van der Waals surface area contributed by atoms with Gasteiger partial charge in [0.05, 0.1) is 7.11 Å². The molecule has 0 aliphatic heterocycles. The Hall–Kier alpha value is -2.83. The van der Waals surface area contributed by atoms with Gasteiger partial charge in [-0.2, -0.15) is 0 Å². The first-order valence-corrected chi connectivity index (χ1v) is 5.65. The molecule has 0 saturated carbocycles. The molecular weight excluding hydrogens is 262 g/mol. The number of amides is 2. The summed E-state index contributed by atoms with van der Waals surface area (Å²) in [6, 6.07) is 7.88. The van der Waals surface area contributed by atoms with E-state index in [1.54, 1.807) is 30.3 Å². The van der Waals surface area contributed by atoms with E-state index in [1.807, 2.05) is 0 Å². The van der Waals surface area contributed by atoms with Gasteiger partial charge in [0.1, 0.15) is 17.2 Å². The number of methoxy groups -OCH3 is 1. The fourth-order valence-corrected chi connectivity index (χ4v) is 1.39. The first-order valence-electron chi connectivity index (χ1n) is 5.65. The highest BCUT2D eigenvalue weighted by molar-refractivity contribution is 6.22. The number of amidine groups is 1. The molecule has 106 valence electrons. The number of allylic oxidation sites excluding steroid dienone is 1. The molecule has 1 aromatic carbocycles. The maximum absolute atomic E-state index is 11.6. The van der Waals surface area contributed by atoms with Gasteiger partial charge in [0.2, 0.25) is 0 Å². The second-order valence-electron chi connectivity index (χ2n) is 3.77. The Kier molecular flexibility index (Phi) is 5.28. The fourth-order valence-electron chi connectivity index (χ4n) is 1.39. The van der Waals surface area contributed by atoms with E-state index in [2.05, 4.69) is 15.4 Å². The Morgan fingerprint density at radius 2 is 1.85 bits per heavy atom. The Morgan fingerprint density at radius 1 is 1.25 bits per heavy atom. The number of rotatable bonds is 3. The summed E-state index contributed by atoms with van der Waals surface area (Å²) in [7, 11) is 1.11. The van der Waals surface area contributed by atoms with Gasteiger partial charge in [0.15, 0.2) is 0 Å². The highest BCUT2D eigenvalue weighted by Gasteiger charge is 2.20. The van der Waals surface area contributed by atoms with Crippen molar-refractivity contribution in [3.8, 4) is 0 Å². The van der Waals surface area contributed by atoms with Crippen LogP contribution in [0.15, 0.2) is 41.7 Å². The first-order chi connectivity index (χ1) is 9.45. The number of para-hydroxylation sites is 1. The van der Waals surface area contributed by atoms with Crippen LogP contribution in [0.3, 0.4) is 0 Å². The highest BCUT2D eigenvalue weighted by atomic mass is 16.5. The van der Waals surface area contributed by atoms with Crippen LogP contribution >= 0.6 is 0 Å². The molecule has 0 unspecified atom stereocenters. The Bertz CT molecular complexity index is 548. The van der Waals surface area contributed by atoms with Crippen molar-refractivity contribution in [3.05, 3.63) is 41.7 Å². The number of hydrogen-bond acceptors (Lipinski definition) is 5. The zero-order valence-corrected chi connectivity index (χ0v) is 11.1. The van der Waals surface area contributed by atoms with Crippen LogP contribution in [0.2, 0.25) is 0 Å². The summed E-state index contributed by atoms with van der Waals surface area (Å²) in [5.74, 6) is -1.87. The number of anilines is 1. The van der Waals surface area contributed by atoms with Gasteiger partial charge in [-0.05, 0) is 19.1 Å². The average Bonchev–Trinajstić information content (AvgIpc) is 2.38. The van der Waals surface area contributed by atoms with Gasteiger partial charge in [0, 0.05) is 5.69 Å². The lowest BCUT2D eigenvalue weighted by Crippen LogP contribution is -2.37. The number of urea groups is 1. The third-order valence-electron chi connectivity index (χ3n) is 2.27. The number of ether oxygens (including phenoxy) is 1. The predicted octanol–water partition coefficient (Wildman–Crippen LogP) is 1.79. The summed E-state index contributed by atoms with van der Waals surface area (Å²) in [4.78, 5) is 23.0. The molecule has 0 heterocycles. The number of carbonyl (C=O) groups excluding carboxylic acids is 2. The number of benzene rings is 1. The summed E-state index contributed by atoms with van der Waals surface area (Å²) >= 11 is 0. The maximum Gasteiger partial charge on any atom is 0.345 e. The van der Waals surface area contributed by atoms with Crippen molar-refractivity contribution >= 4 is 23.5 Å². The van der Waals surface area contributed by atoms with Gasteiger partial charge in [-0.3, -0.25) is 10.7 Å². The van der Waals surface area contributed by atoms with Crippen molar-refractivity contribution in [2.45, 2.75) is 6.92 Å². The molecule has 1 aromatic rings. The molecule has 0 fully saturated rings. The monoisotopic (exact) mass is 277 g/mol. The van der Waals surface area contributed by atoms with E-state index < -0.39 is 29.2 Å². The lowest BCUT2D eigenvalue weighted by atomic mass is 10.2. The standard InChI is InChI=1S/C13H15N3O4/c1-8(17)10(12(18)20-2)11(14)16-13(19)15-9-6-4-3-5-7-9/h3-7,17H,1-2H3,(H3,14,15,16,19)/b10-8-. The lowest BCUT2D eigenvalue weighted by Gasteiger charge is -2.10. The summed E-state index contributed by atoms with van der Waals surface area (Å²) < 4.78 is 4.43. The molecule has 0 bridgehead atoms. The van der Waals surface area contributed by atoms with E-state index >= 15 is 0 Å². The summed E-state index contributed by atoms with van der Waals surface area (Å²) in [6.07, 6.45) is 0. The second kappa shape index (κ2) is 6.93. The molecule has 0 saturated heterocycles. The summed E-state index contributed by atoms with van der Waals surface area (Å²) in [5.41, 5.74) is 0.123. The third-order valence-corrected chi connectivity index (χ3v) is 2.27. The predicted molar refractivity (Wildman–Crippen MR) is 73.7 cm³/mol. The molecule has 2 amide bonds. The van der Waals surface area contributed by atoms with Gasteiger partial charge >= 0.3 is 12.0 Å². The van der Waals surface area contributed by atoms with Gasteiger partial charge in [-0.15, -0.1) is 0 Å². The van der Waals surface area contributed by atoms with Gasteiger partial charge in [0.25, 0.3) is 0 Å². The number of esters is 1. The summed E-state index contributed by atoms with van der Waals surface area (Å²) in [5, 5.41) is 21.6. The van der Waals surface area contributed by atoms with Crippen LogP contribution < -0.4 is 10.6 Å². The normalized spacial score (nSPS) is 11.1. The number of hydrogen-bond donors (Lipinski definition) is 4. The molecule has 0 spiro atoms. The third kappa shape index (κ3) is 4.13. The second-order valence-corrected chi connectivity index (χ2v) is 3.77. The minimum atomic E-state index is -0.907. The van der Waals surface area contributed by atoms with Crippen molar-refractivity contribution in [3.63, 3.8) is 0 Å². The molecule has 20 heavy (non-hydrogen) atoms. The fraction of sp³-hybridized carbons (Fsp3) is 0.154. The van der Waals surface area contributed by atoms with E-state index in [0.29, 0.717) is 5.69 Å². The first kappa shape index (κ1) is 15.2. The Balaban J connectivity index is 2.72. The summed E-state index contributed by atoms with van der Waals surface area (Å²) in [6.45, 7) is 1.22. The molecule has 0 aromatic heterocycles.